The van der Waals surface area contributed by atoms with Gasteiger partial charge in [0.05, 0.1) is 21.2 Å². The maximum atomic E-state index is 15.9. The quantitative estimate of drug-likeness (QED) is 0.0828. The van der Waals surface area contributed by atoms with Gasteiger partial charge in [0.1, 0.15) is 45.8 Å². The van der Waals surface area contributed by atoms with Crippen LogP contribution in [0.5, 0.6) is 11.5 Å². The van der Waals surface area contributed by atoms with Crippen molar-refractivity contribution in [1.29, 1.82) is 0 Å². The third kappa shape index (κ3) is 11.7. The van der Waals surface area contributed by atoms with Crippen LogP contribution in [0, 0.1) is 29.2 Å². The topological polar surface area (TPSA) is 204 Å². The Labute approximate surface area is 429 Å². The second kappa shape index (κ2) is 22.0. The fourth-order valence-electron chi connectivity index (χ4n) is 8.50. The van der Waals surface area contributed by atoms with Crippen molar-refractivity contribution in [3.05, 3.63) is 107 Å². The molecule has 4 heterocycles. The first-order chi connectivity index (χ1) is 34.1. The lowest BCUT2D eigenvalue weighted by Crippen LogP contribution is -2.58. The highest BCUT2D eigenvalue weighted by Gasteiger charge is 2.35. The molecule has 0 bridgehead atoms. The average Bonchev–Trinajstić information content (AvgIpc) is 3.31. The molecule has 388 valence electrons. The van der Waals surface area contributed by atoms with Gasteiger partial charge < -0.3 is 24.9 Å². The van der Waals surface area contributed by atoms with E-state index in [1.807, 2.05) is 25.7 Å². The molecule has 4 aromatic carbocycles. The summed E-state index contributed by atoms with van der Waals surface area (Å²) >= 11 is 12.8. The Morgan fingerprint density at radius 2 is 1.07 bits per heavy atom. The van der Waals surface area contributed by atoms with Crippen LogP contribution in [0.3, 0.4) is 0 Å². The number of amides is 1. The van der Waals surface area contributed by atoms with Gasteiger partial charge in [0.15, 0.2) is 17.4 Å². The molecular weight excluding hydrogens is 1040 g/mol. The summed E-state index contributed by atoms with van der Waals surface area (Å²) in [5.74, 6) is -4.50. The minimum Gasteiger partial charge on any atom is -0.507 e. The number of halogens is 6. The Bertz CT molecular complexity index is 3410. The summed E-state index contributed by atoms with van der Waals surface area (Å²) in [4.78, 5) is 43.7. The second-order valence-corrected chi connectivity index (χ2v) is 22.5. The van der Waals surface area contributed by atoms with E-state index in [0.717, 1.165) is 37.5 Å². The van der Waals surface area contributed by atoms with E-state index in [-0.39, 0.29) is 86.4 Å². The number of phenols is 2. The summed E-state index contributed by atoms with van der Waals surface area (Å²) in [6, 6.07) is 9.14. The number of benzene rings is 4. The smallest absolute Gasteiger partial charge is 0.249 e. The van der Waals surface area contributed by atoms with Crippen LogP contribution >= 0.6 is 23.2 Å². The number of piperidine rings is 1. The minimum atomic E-state index is -3.99. The standard InChI is InChI=1S/C24H23ClF2N4O4S.C22H22ClF2N3O3S.C4H6O/c1-5-18(33)30-10-13(3)31(11-12(30)2)23-14-9-15(25)19(20-16(26)7-6-8-17(20)32)21(27)22(14)28-24(29-23)36(4,34)35;1-11-7-8-12(2)28(10-11)21-13-9-14(23)17(18-15(24)5-4-6-16(18)29)19(25)20(13)26-22(27-21)32(3,30)31;1-3-4(2)5/h5-9,12-13,32H,1,10-11H2,2-4H3;4-6,9,11-12,29H,7-8,10H2,1-3H3;3H,1H2,2H3/t12-,13+;11-,12-;/m10./s1. The first-order valence-corrected chi connectivity index (χ1v) is 27.0. The van der Waals surface area contributed by atoms with Crippen molar-refractivity contribution >= 4 is 88.0 Å². The zero-order chi connectivity index (χ0) is 54.2. The Hall–Kier alpha value is -6.42. The van der Waals surface area contributed by atoms with E-state index >= 15 is 8.78 Å². The van der Waals surface area contributed by atoms with Gasteiger partial charge in [-0.05, 0) is 95.0 Å². The summed E-state index contributed by atoms with van der Waals surface area (Å²) in [5, 5.41) is 19.2. The van der Waals surface area contributed by atoms with Crippen LogP contribution in [0.2, 0.25) is 10.0 Å². The Morgan fingerprint density at radius 1 is 0.644 bits per heavy atom. The number of sulfone groups is 2. The molecule has 15 nitrogen and oxygen atoms in total. The molecule has 2 saturated heterocycles. The van der Waals surface area contributed by atoms with Gasteiger partial charge >= 0.3 is 0 Å². The number of nitrogens with zero attached hydrogens (tertiary/aromatic N) is 7. The molecule has 4 atom stereocenters. The Kier molecular flexibility index (Phi) is 16.8. The number of carbonyl (C=O) groups is 2. The average molecular weight is 1090 g/mol. The number of aromatic nitrogens is 4. The largest absolute Gasteiger partial charge is 0.507 e. The van der Waals surface area contributed by atoms with Crippen LogP contribution < -0.4 is 9.80 Å². The molecule has 6 aromatic rings. The highest BCUT2D eigenvalue weighted by molar-refractivity contribution is 7.90. The molecule has 1 amide bonds. The van der Waals surface area contributed by atoms with Crippen LogP contribution in [0.1, 0.15) is 47.5 Å². The van der Waals surface area contributed by atoms with E-state index in [2.05, 4.69) is 40.0 Å². The molecule has 8 rings (SSSR count). The monoisotopic (exact) mass is 1090 g/mol. The first kappa shape index (κ1) is 55.9. The molecular formula is C50H51Cl2F4N7O8S2. The van der Waals surface area contributed by atoms with Crippen LogP contribution in [0.25, 0.3) is 44.1 Å². The SMILES string of the molecule is C=CC(=O)N1C[C@H](C)N(c2nc(S(C)(=O)=O)nc3c(F)c(-c4c(O)cccc4F)c(Cl)cc23)C[C@H]1C.C=CC(C)=O.C[C@H]1CC[C@H](C)N(c2nc(S(C)(=O)=O)nc3c(F)c(-c4c(O)cccc4F)c(Cl)cc23)C1. The summed E-state index contributed by atoms with van der Waals surface area (Å²) in [7, 11) is -7.86. The van der Waals surface area contributed by atoms with E-state index in [1.165, 1.54) is 55.5 Å². The molecule has 0 unspecified atom stereocenters. The van der Waals surface area contributed by atoms with Gasteiger partial charge in [-0.2, -0.15) is 0 Å². The number of fused-ring (bicyclic) bond motifs is 2. The normalized spacial score (nSPS) is 18.1. The van der Waals surface area contributed by atoms with Gasteiger partial charge in [-0.25, -0.2) is 54.3 Å². The van der Waals surface area contributed by atoms with Gasteiger partial charge in [-0.15, -0.1) is 0 Å². The summed E-state index contributed by atoms with van der Waals surface area (Å²) in [6.07, 6.45) is 6.19. The number of phenolic OH excluding ortho intramolecular Hbond substituents is 2. The van der Waals surface area contributed by atoms with Crippen LogP contribution in [0.15, 0.2) is 84.2 Å². The molecule has 23 heteroatoms. The van der Waals surface area contributed by atoms with E-state index in [9.17, 15) is 45.4 Å². The van der Waals surface area contributed by atoms with Crippen molar-refractivity contribution in [2.24, 2.45) is 5.92 Å². The van der Waals surface area contributed by atoms with Crippen LogP contribution in [-0.2, 0) is 29.3 Å². The number of hydrogen-bond donors (Lipinski definition) is 2. The lowest BCUT2D eigenvalue weighted by atomic mass is 9.94. The molecule has 0 spiro atoms. The molecule has 2 N–H and O–H groups in total. The van der Waals surface area contributed by atoms with Gasteiger partial charge in [-0.3, -0.25) is 9.59 Å². The number of aromatic hydroxyl groups is 2. The number of hydrogen-bond acceptors (Lipinski definition) is 14. The number of ketones is 1. The number of allylic oxidation sites excluding steroid dienone is 1. The van der Waals surface area contributed by atoms with Crippen molar-refractivity contribution in [3.8, 4) is 33.8 Å². The molecule has 2 aromatic heterocycles. The van der Waals surface area contributed by atoms with Crippen molar-refractivity contribution in [2.45, 2.75) is 75.9 Å². The molecule has 2 aliphatic rings. The first-order valence-electron chi connectivity index (χ1n) is 22.5. The maximum Gasteiger partial charge on any atom is 0.249 e. The van der Waals surface area contributed by atoms with E-state index < -0.39 is 87.0 Å². The minimum absolute atomic E-state index is 0.0185. The number of piperazine rings is 1. The maximum absolute atomic E-state index is 15.9. The van der Waals surface area contributed by atoms with Crippen LogP contribution in [0.4, 0.5) is 29.2 Å². The third-order valence-electron chi connectivity index (χ3n) is 12.2. The predicted molar refractivity (Wildman–Crippen MR) is 274 cm³/mol. The van der Waals surface area contributed by atoms with Crippen molar-refractivity contribution < 1.29 is 54.2 Å². The van der Waals surface area contributed by atoms with Crippen molar-refractivity contribution in [1.82, 2.24) is 24.8 Å². The van der Waals surface area contributed by atoms with Crippen molar-refractivity contribution in [2.75, 3.05) is 41.9 Å². The number of carbonyl (C=O) groups excluding carboxylic acids is 2. The predicted octanol–water partition coefficient (Wildman–Crippen LogP) is 9.67. The van der Waals surface area contributed by atoms with E-state index in [1.54, 1.807) is 9.80 Å². The molecule has 0 aliphatic carbocycles. The Balaban J connectivity index is 0.000000219. The lowest BCUT2D eigenvalue weighted by Gasteiger charge is -2.44. The van der Waals surface area contributed by atoms with Gasteiger partial charge in [0.25, 0.3) is 0 Å². The zero-order valence-electron chi connectivity index (χ0n) is 40.6. The van der Waals surface area contributed by atoms with Gasteiger partial charge in [-0.1, -0.05) is 55.4 Å². The summed E-state index contributed by atoms with van der Waals surface area (Å²) in [5.41, 5.74) is -2.43. The highest BCUT2D eigenvalue weighted by atomic mass is 35.5. The van der Waals surface area contributed by atoms with Gasteiger partial charge in [0.2, 0.25) is 35.9 Å². The van der Waals surface area contributed by atoms with Gasteiger partial charge in [0, 0.05) is 72.2 Å². The number of rotatable bonds is 8. The van der Waals surface area contributed by atoms with Crippen molar-refractivity contribution in [3.63, 3.8) is 0 Å². The molecule has 0 saturated carbocycles. The molecule has 2 fully saturated rings. The Morgan fingerprint density at radius 3 is 1.45 bits per heavy atom. The molecule has 2 aliphatic heterocycles. The van der Waals surface area contributed by atoms with E-state index in [4.69, 9.17) is 23.2 Å². The summed E-state index contributed by atoms with van der Waals surface area (Å²) in [6.45, 7) is 17.0. The molecule has 0 radical (unpaired) electrons. The fourth-order valence-corrected chi connectivity index (χ4v) is 10.1. The van der Waals surface area contributed by atoms with Crippen LogP contribution in [-0.4, -0.2) is 114 Å². The second-order valence-electron chi connectivity index (χ2n) is 17.9. The van der Waals surface area contributed by atoms with E-state index in [0.29, 0.717) is 12.5 Å². The number of anilines is 2. The lowest BCUT2D eigenvalue weighted by molar-refractivity contribution is -0.128. The summed E-state index contributed by atoms with van der Waals surface area (Å²) < 4.78 is 110. The zero-order valence-corrected chi connectivity index (χ0v) is 43.7. The third-order valence-corrected chi connectivity index (χ3v) is 14.5. The fraction of sp³-hybridized carbons (Fsp3) is 0.320. The molecule has 73 heavy (non-hydrogen) atoms. The highest BCUT2D eigenvalue weighted by Crippen LogP contribution is 2.45.